The molecule has 0 unspecified atom stereocenters. The Morgan fingerprint density at radius 2 is 2.06 bits per heavy atom. The van der Waals surface area contributed by atoms with E-state index in [1.54, 1.807) is 24.4 Å². The number of aromatic amines is 1. The SMILES string of the molecule is Nc1ccc(-c2cc3c(O)cccc3[nH]2)cn1. The fourth-order valence-electron chi connectivity index (χ4n) is 1.86. The number of pyridine rings is 1. The zero-order chi connectivity index (χ0) is 11.8. The van der Waals surface area contributed by atoms with E-state index in [-0.39, 0.29) is 5.75 Å². The molecule has 17 heavy (non-hydrogen) atoms. The first-order valence-electron chi connectivity index (χ1n) is 5.26. The summed E-state index contributed by atoms with van der Waals surface area (Å²) in [6.45, 7) is 0. The van der Waals surface area contributed by atoms with Crippen molar-refractivity contribution in [2.75, 3.05) is 5.73 Å². The van der Waals surface area contributed by atoms with E-state index in [0.717, 1.165) is 22.2 Å². The highest BCUT2D eigenvalue weighted by Crippen LogP contribution is 2.29. The number of anilines is 1. The third kappa shape index (κ3) is 1.59. The van der Waals surface area contributed by atoms with Gasteiger partial charge in [0.25, 0.3) is 0 Å². The second-order valence-electron chi connectivity index (χ2n) is 3.89. The molecule has 4 N–H and O–H groups in total. The van der Waals surface area contributed by atoms with Crippen molar-refractivity contribution in [3.8, 4) is 17.0 Å². The van der Waals surface area contributed by atoms with E-state index >= 15 is 0 Å². The van der Waals surface area contributed by atoms with Crippen molar-refractivity contribution in [2.45, 2.75) is 0 Å². The Hall–Kier alpha value is -2.49. The topological polar surface area (TPSA) is 74.9 Å². The number of nitrogens with zero attached hydrogens (tertiary/aromatic N) is 1. The van der Waals surface area contributed by atoms with Gasteiger partial charge in [-0.2, -0.15) is 0 Å². The van der Waals surface area contributed by atoms with Gasteiger partial charge in [-0.05, 0) is 30.3 Å². The number of aromatic hydroxyl groups is 1. The molecule has 0 aliphatic carbocycles. The van der Waals surface area contributed by atoms with Gasteiger partial charge in [0, 0.05) is 28.4 Å². The molecular weight excluding hydrogens is 214 g/mol. The molecular formula is C13H11N3O. The molecule has 4 nitrogen and oxygen atoms in total. The van der Waals surface area contributed by atoms with Gasteiger partial charge in [-0.1, -0.05) is 6.07 Å². The predicted octanol–water partition coefficient (Wildman–Crippen LogP) is 2.52. The minimum atomic E-state index is 0.272. The number of hydrogen-bond acceptors (Lipinski definition) is 3. The lowest BCUT2D eigenvalue weighted by molar-refractivity contribution is 0.482. The summed E-state index contributed by atoms with van der Waals surface area (Å²) in [7, 11) is 0. The molecule has 2 aromatic heterocycles. The summed E-state index contributed by atoms with van der Waals surface area (Å²) in [5, 5.41) is 10.5. The zero-order valence-electron chi connectivity index (χ0n) is 9.01. The van der Waals surface area contributed by atoms with Crippen LogP contribution < -0.4 is 5.73 Å². The first kappa shape index (κ1) is 9.72. The van der Waals surface area contributed by atoms with Crippen molar-refractivity contribution in [3.63, 3.8) is 0 Å². The van der Waals surface area contributed by atoms with Gasteiger partial charge >= 0.3 is 0 Å². The average Bonchev–Trinajstić information content (AvgIpc) is 2.75. The van der Waals surface area contributed by atoms with Gasteiger partial charge in [0.2, 0.25) is 0 Å². The lowest BCUT2D eigenvalue weighted by Gasteiger charge is -1.97. The van der Waals surface area contributed by atoms with Gasteiger partial charge in [0.05, 0.1) is 0 Å². The Kier molecular flexibility index (Phi) is 2.01. The normalized spacial score (nSPS) is 10.8. The van der Waals surface area contributed by atoms with Gasteiger partial charge in [-0.3, -0.25) is 0 Å². The summed E-state index contributed by atoms with van der Waals surface area (Å²) >= 11 is 0. The molecule has 0 amide bonds. The molecule has 3 rings (SSSR count). The first-order valence-corrected chi connectivity index (χ1v) is 5.26. The Bertz CT molecular complexity index is 671. The van der Waals surface area contributed by atoms with Crippen LogP contribution in [0.25, 0.3) is 22.2 Å². The second kappa shape index (κ2) is 3.52. The molecule has 0 spiro atoms. The third-order valence-corrected chi connectivity index (χ3v) is 2.74. The van der Waals surface area contributed by atoms with Gasteiger partial charge in [-0.15, -0.1) is 0 Å². The van der Waals surface area contributed by atoms with Crippen LogP contribution >= 0.6 is 0 Å². The van der Waals surface area contributed by atoms with Crippen molar-refractivity contribution in [1.29, 1.82) is 0 Å². The number of benzene rings is 1. The highest BCUT2D eigenvalue weighted by Gasteiger charge is 2.06. The lowest BCUT2D eigenvalue weighted by atomic mass is 10.2. The average molecular weight is 225 g/mol. The van der Waals surface area contributed by atoms with Crippen LogP contribution in [-0.2, 0) is 0 Å². The van der Waals surface area contributed by atoms with Crippen molar-refractivity contribution in [3.05, 3.63) is 42.6 Å². The van der Waals surface area contributed by atoms with Crippen molar-refractivity contribution >= 4 is 16.7 Å². The molecule has 1 aromatic carbocycles. The van der Waals surface area contributed by atoms with Gasteiger partial charge in [0.1, 0.15) is 11.6 Å². The van der Waals surface area contributed by atoms with Crippen LogP contribution in [0.5, 0.6) is 5.75 Å². The maximum atomic E-state index is 9.72. The molecule has 0 radical (unpaired) electrons. The van der Waals surface area contributed by atoms with E-state index < -0.39 is 0 Å². The molecule has 0 saturated heterocycles. The Morgan fingerprint density at radius 3 is 2.76 bits per heavy atom. The molecule has 84 valence electrons. The van der Waals surface area contributed by atoms with Crippen LogP contribution in [0, 0.1) is 0 Å². The third-order valence-electron chi connectivity index (χ3n) is 2.74. The Labute approximate surface area is 97.7 Å². The molecule has 0 saturated carbocycles. The number of nitrogen functional groups attached to an aromatic ring is 1. The highest BCUT2D eigenvalue weighted by atomic mass is 16.3. The summed E-state index contributed by atoms with van der Waals surface area (Å²) in [6, 6.07) is 10.9. The maximum Gasteiger partial charge on any atom is 0.124 e. The van der Waals surface area contributed by atoms with E-state index in [0.29, 0.717) is 5.82 Å². The number of hydrogen-bond donors (Lipinski definition) is 3. The van der Waals surface area contributed by atoms with Crippen LogP contribution in [0.4, 0.5) is 5.82 Å². The number of aromatic nitrogens is 2. The molecule has 0 fully saturated rings. The first-order chi connectivity index (χ1) is 8.24. The van der Waals surface area contributed by atoms with E-state index in [9.17, 15) is 5.11 Å². The standard InChI is InChI=1S/C13H11N3O/c14-13-5-4-8(7-15-13)11-6-9-10(16-11)2-1-3-12(9)17/h1-7,16-17H,(H2,14,15). The summed E-state index contributed by atoms with van der Waals surface area (Å²) < 4.78 is 0. The number of nitrogens with two attached hydrogens (primary N) is 1. The molecule has 0 aliphatic rings. The van der Waals surface area contributed by atoms with Crippen LogP contribution in [0.2, 0.25) is 0 Å². The molecule has 4 heteroatoms. The maximum absolute atomic E-state index is 9.72. The van der Waals surface area contributed by atoms with E-state index in [1.165, 1.54) is 0 Å². The van der Waals surface area contributed by atoms with Crippen LogP contribution in [0.1, 0.15) is 0 Å². The van der Waals surface area contributed by atoms with Gasteiger partial charge < -0.3 is 15.8 Å². The molecule has 3 aromatic rings. The van der Waals surface area contributed by atoms with Crippen molar-refractivity contribution in [1.82, 2.24) is 9.97 Å². The fraction of sp³-hybridized carbons (Fsp3) is 0. The number of phenols is 1. The van der Waals surface area contributed by atoms with Crippen LogP contribution in [0.15, 0.2) is 42.6 Å². The molecule has 0 bridgehead atoms. The van der Waals surface area contributed by atoms with Crippen molar-refractivity contribution < 1.29 is 5.11 Å². The summed E-state index contributed by atoms with van der Waals surface area (Å²) in [4.78, 5) is 7.27. The predicted molar refractivity (Wildman–Crippen MR) is 67.6 cm³/mol. The van der Waals surface area contributed by atoms with Gasteiger partial charge in [-0.25, -0.2) is 4.98 Å². The summed E-state index contributed by atoms with van der Waals surface area (Å²) in [6.07, 6.45) is 1.71. The molecule has 2 heterocycles. The van der Waals surface area contributed by atoms with Crippen LogP contribution in [-0.4, -0.2) is 15.1 Å². The fourth-order valence-corrected chi connectivity index (χ4v) is 1.86. The second-order valence-corrected chi connectivity index (χ2v) is 3.89. The monoisotopic (exact) mass is 225 g/mol. The molecule has 0 atom stereocenters. The highest BCUT2D eigenvalue weighted by molar-refractivity contribution is 5.90. The minimum absolute atomic E-state index is 0.272. The number of fused-ring (bicyclic) bond motifs is 1. The Balaban J connectivity index is 2.18. The zero-order valence-corrected chi connectivity index (χ0v) is 9.01. The number of rotatable bonds is 1. The van der Waals surface area contributed by atoms with Crippen molar-refractivity contribution in [2.24, 2.45) is 0 Å². The summed E-state index contributed by atoms with van der Waals surface area (Å²) in [5.74, 6) is 0.765. The smallest absolute Gasteiger partial charge is 0.124 e. The van der Waals surface area contributed by atoms with E-state index in [4.69, 9.17) is 5.73 Å². The number of phenolic OH excluding ortho intramolecular Hbond substituents is 1. The Morgan fingerprint density at radius 1 is 1.18 bits per heavy atom. The van der Waals surface area contributed by atoms with E-state index in [2.05, 4.69) is 9.97 Å². The largest absolute Gasteiger partial charge is 0.507 e. The van der Waals surface area contributed by atoms with E-state index in [1.807, 2.05) is 18.2 Å². The number of H-pyrrole nitrogens is 1. The van der Waals surface area contributed by atoms with Gasteiger partial charge in [0.15, 0.2) is 0 Å². The molecule has 0 aliphatic heterocycles. The minimum Gasteiger partial charge on any atom is -0.507 e. The van der Waals surface area contributed by atoms with Crippen LogP contribution in [0.3, 0.4) is 0 Å². The lowest BCUT2D eigenvalue weighted by Crippen LogP contribution is -1.88. The quantitative estimate of drug-likeness (QED) is 0.595. The number of nitrogens with one attached hydrogen (secondary N) is 1. The summed E-state index contributed by atoms with van der Waals surface area (Å²) in [5.41, 5.74) is 8.29.